The van der Waals surface area contributed by atoms with Crippen molar-refractivity contribution in [3.8, 4) is 6.07 Å². The number of nitrogens with one attached hydrogen (secondary N) is 1. The Hall–Kier alpha value is -2.32. The van der Waals surface area contributed by atoms with E-state index < -0.39 is 0 Å². The Labute approximate surface area is 131 Å². The van der Waals surface area contributed by atoms with Crippen molar-refractivity contribution >= 4 is 32.5 Å². The molecule has 0 fully saturated rings. The van der Waals surface area contributed by atoms with Crippen molar-refractivity contribution in [1.82, 2.24) is 9.78 Å². The molecular formula is C16H13BrN4. The first-order chi connectivity index (χ1) is 10.2. The predicted octanol–water partition coefficient (Wildman–Crippen LogP) is 3.82. The minimum absolute atomic E-state index is 0.576. The van der Waals surface area contributed by atoms with Gasteiger partial charge in [-0.15, -0.1) is 0 Å². The average molecular weight is 341 g/mol. The molecule has 0 saturated carbocycles. The Bertz CT molecular complexity index is 845. The van der Waals surface area contributed by atoms with Gasteiger partial charge in [-0.25, -0.2) is 0 Å². The molecule has 3 aromatic rings. The summed E-state index contributed by atoms with van der Waals surface area (Å²) in [4.78, 5) is 0. The third-order valence-corrected chi connectivity index (χ3v) is 3.88. The number of hydrogen-bond donors (Lipinski definition) is 1. The van der Waals surface area contributed by atoms with Gasteiger partial charge in [-0.05, 0) is 24.3 Å². The van der Waals surface area contributed by atoms with Gasteiger partial charge in [-0.2, -0.15) is 10.4 Å². The van der Waals surface area contributed by atoms with E-state index in [0.717, 1.165) is 26.8 Å². The SMILES string of the molecule is Cn1nc(CNc2cc(Br)ccc2C#N)c2ccccc21. The summed E-state index contributed by atoms with van der Waals surface area (Å²) in [5.41, 5.74) is 3.50. The number of aryl methyl sites for hydroxylation is 1. The summed E-state index contributed by atoms with van der Waals surface area (Å²) in [5, 5.41) is 18.1. The Balaban J connectivity index is 1.91. The molecule has 0 bridgehead atoms. The van der Waals surface area contributed by atoms with Crippen LogP contribution in [0.3, 0.4) is 0 Å². The summed E-state index contributed by atoms with van der Waals surface area (Å²) in [6.07, 6.45) is 0. The Morgan fingerprint density at radius 3 is 2.90 bits per heavy atom. The molecule has 0 radical (unpaired) electrons. The number of para-hydroxylation sites is 1. The number of nitrogens with zero attached hydrogens (tertiary/aromatic N) is 3. The van der Waals surface area contributed by atoms with Gasteiger partial charge in [0.25, 0.3) is 0 Å². The molecule has 0 aliphatic carbocycles. The van der Waals surface area contributed by atoms with Gasteiger partial charge in [0.1, 0.15) is 6.07 Å². The third-order valence-electron chi connectivity index (χ3n) is 3.38. The smallest absolute Gasteiger partial charge is 0.101 e. The van der Waals surface area contributed by atoms with Crippen LogP contribution in [-0.4, -0.2) is 9.78 Å². The summed E-state index contributed by atoms with van der Waals surface area (Å²) in [6.45, 7) is 0.576. The Morgan fingerprint density at radius 2 is 2.10 bits per heavy atom. The van der Waals surface area contributed by atoms with Crippen molar-refractivity contribution in [3.05, 3.63) is 58.2 Å². The Morgan fingerprint density at radius 1 is 1.29 bits per heavy atom. The van der Waals surface area contributed by atoms with Crippen molar-refractivity contribution in [1.29, 1.82) is 5.26 Å². The van der Waals surface area contributed by atoms with Gasteiger partial charge >= 0.3 is 0 Å². The number of benzene rings is 2. The second-order valence-corrected chi connectivity index (χ2v) is 5.66. The maximum atomic E-state index is 9.16. The first-order valence-corrected chi connectivity index (χ1v) is 7.32. The molecule has 0 unspecified atom stereocenters. The van der Waals surface area contributed by atoms with Crippen molar-refractivity contribution in [3.63, 3.8) is 0 Å². The molecule has 4 nitrogen and oxygen atoms in total. The number of hydrogen-bond acceptors (Lipinski definition) is 3. The van der Waals surface area contributed by atoms with Crippen LogP contribution in [0.2, 0.25) is 0 Å². The van der Waals surface area contributed by atoms with Crippen LogP contribution in [0.5, 0.6) is 0 Å². The van der Waals surface area contributed by atoms with Gasteiger partial charge in [0.05, 0.1) is 29.0 Å². The highest BCUT2D eigenvalue weighted by Gasteiger charge is 2.09. The summed E-state index contributed by atoms with van der Waals surface area (Å²) in [5.74, 6) is 0. The molecule has 104 valence electrons. The standard InChI is InChI=1S/C16H13BrN4/c1-21-16-5-3-2-4-13(16)15(20-21)10-19-14-8-12(17)7-6-11(14)9-18/h2-8,19H,10H2,1H3. The van der Waals surface area contributed by atoms with Crippen LogP contribution in [0.1, 0.15) is 11.3 Å². The maximum Gasteiger partial charge on any atom is 0.101 e. The van der Waals surface area contributed by atoms with Crippen LogP contribution >= 0.6 is 15.9 Å². The quantitative estimate of drug-likeness (QED) is 0.788. The molecule has 0 aliphatic heterocycles. The maximum absolute atomic E-state index is 9.16. The largest absolute Gasteiger partial charge is 0.378 e. The molecule has 21 heavy (non-hydrogen) atoms. The molecular weight excluding hydrogens is 328 g/mol. The van der Waals surface area contributed by atoms with Gasteiger partial charge < -0.3 is 5.32 Å². The minimum Gasteiger partial charge on any atom is -0.378 e. The van der Waals surface area contributed by atoms with Crippen LogP contribution in [0.4, 0.5) is 5.69 Å². The highest BCUT2D eigenvalue weighted by molar-refractivity contribution is 9.10. The molecule has 0 amide bonds. The van der Waals surface area contributed by atoms with Crippen molar-refractivity contribution < 1.29 is 0 Å². The molecule has 1 N–H and O–H groups in total. The lowest BCUT2D eigenvalue weighted by atomic mass is 10.2. The summed E-state index contributed by atoms with van der Waals surface area (Å²) < 4.78 is 2.81. The zero-order valence-corrected chi connectivity index (χ0v) is 13.1. The summed E-state index contributed by atoms with van der Waals surface area (Å²) in [6, 6.07) is 15.9. The van der Waals surface area contributed by atoms with Crippen LogP contribution in [0, 0.1) is 11.3 Å². The predicted molar refractivity (Wildman–Crippen MR) is 86.9 cm³/mol. The number of rotatable bonds is 3. The molecule has 0 aliphatic rings. The normalized spacial score (nSPS) is 10.5. The van der Waals surface area contributed by atoms with Crippen molar-refractivity contribution in [2.24, 2.45) is 7.05 Å². The first kappa shape index (κ1) is 13.7. The molecule has 0 saturated heterocycles. The highest BCUT2D eigenvalue weighted by atomic mass is 79.9. The highest BCUT2D eigenvalue weighted by Crippen LogP contribution is 2.23. The van der Waals surface area contributed by atoms with Gasteiger partial charge in [0.2, 0.25) is 0 Å². The second kappa shape index (κ2) is 5.58. The number of halogens is 1. The zero-order valence-electron chi connectivity index (χ0n) is 11.5. The molecule has 1 heterocycles. The van der Waals surface area contributed by atoms with Gasteiger partial charge in [-0.1, -0.05) is 34.1 Å². The second-order valence-electron chi connectivity index (χ2n) is 4.74. The number of anilines is 1. The van der Waals surface area contributed by atoms with E-state index >= 15 is 0 Å². The van der Waals surface area contributed by atoms with E-state index in [1.807, 2.05) is 42.1 Å². The summed E-state index contributed by atoms with van der Waals surface area (Å²) in [7, 11) is 1.94. The minimum atomic E-state index is 0.576. The third kappa shape index (κ3) is 2.63. The topological polar surface area (TPSA) is 53.6 Å². The first-order valence-electron chi connectivity index (χ1n) is 6.53. The molecule has 0 atom stereocenters. The molecule has 3 rings (SSSR count). The molecule has 2 aromatic carbocycles. The van der Waals surface area contributed by atoms with Gasteiger partial charge in [-0.3, -0.25) is 4.68 Å². The van der Waals surface area contributed by atoms with Crippen molar-refractivity contribution in [2.45, 2.75) is 6.54 Å². The zero-order chi connectivity index (χ0) is 14.8. The van der Waals surface area contributed by atoms with Gasteiger partial charge in [0.15, 0.2) is 0 Å². The number of aromatic nitrogens is 2. The Kier molecular flexibility index (Phi) is 3.63. The fourth-order valence-electron chi connectivity index (χ4n) is 2.36. The van der Waals surface area contributed by atoms with E-state index in [-0.39, 0.29) is 0 Å². The lowest BCUT2D eigenvalue weighted by Crippen LogP contribution is -2.03. The number of nitriles is 1. The summed E-state index contributed by atoms with van der Waals surface area (Å²) >= 11 is 3.43. The van der Waals surface area contributed by atoms with E-state index in [1.165, 1.54) is 0 Å². The van der Waals surface area contributed by atoms with E-state index in [0.29, 0.717) is 12.1 Å². The van der Waals surface area contributed by atoms with Crippen LogP contribution < -0.4 is 5.32 Å². The molecule has 1 aromatic heterocycles. The number of fused-ring (bicyclic) bond motifs is 1. The molecule has 0 spiro atoms. The van der Waals surface area contributed by atoms with E-state index in [4.69, 9.17) is 5.26 Å². The van der Waals surface area contributed by atoms with E-state index in [9.17, 15) is 0 Å². The molecule has 5 heteroatoms. The monoisotopic (exact) mass is 340 g/mol. The average Bonchev–Trinajstić information content (AvgIpc) is 2.82. The van der Waals surface area contributed by atoms with Crippen molar-refractivity contribution in [2.75, 3.05) is 5.32 Å². The van der Waals surface area contributed by atoms with Crippen LogP contribution in [0.15, 0.2) is 46.9 Å². The van der Waals surface area contributed by atoms with E-state index in [2.05, 4.69) is 38.5 Å². The lowest BCUT2D eigenvalue weighted by molar-refractivity contribution is 0.771. The van der Waals surface area contributed by atoms with E-state index in [1.54, 1.807) is 6.07 Å². The fraction of sp³-hybridized carbons (Fsp3) is 0.125. The van der Waals surface area contributed by atoms with Gasteiger partial charge in [0, 0.05) is 16.9 Å². The van der Waals surface area contributed by atoms with Crippen LogP contribution in [0.25, 0.3) is 10.9 Å². The fourth-order valence-corrected chi connectivity index (χ4v) is 2.72. The van der Waals surface area contributed by atoms with Crippen LogP contribution in [-0.2, 0) is 13.6 Å². The lowest BCUT2D eigenvalue weighted by Gasteiger charge is -2.07.